The fraction of sp³-hybridized carbons (Fsp3) is 0.435. The van der Waals surface area contributed by atoms with Crippen molar-refractivity contribution in [1.82, 2.24) is 4.90 Å². The number of hydrogen-bond acceptors (Lipinski definition) is 3. The molecule has 2 aromatic carbocycles. The minimum Gasteiger partial charge on any atom is -0.376 e. The Bertz CT molecular complexity index is 772. The third kappa shape index (κ3) is 6.43. The van der Waals surface area contributed by atoms with Crippen LogP contribution in [0.2, 0.25) is 0 Å². The minimum atomic E-state index is 0.245. The predicted octanol–water partition coefficient (Wildman–Crippen LogP) is 5.67. The second kappa shape index (κ2) is 11.0. The molecule has 1 unspecified atom stereocenters. The van der Waals surface area contributed by atoms with E-state index in [1.165, 1.54) is 11.3 Å². The summed E-state index contributed by atoms with van der Waals surface area (Å²) in [5, 5.41) is 4.12. The van der Waals surface area contributed by atoms with Gasteiger partial charge in [-0.1, -0.05) is 28.1 Å². The topological polar surface area (TPSA) is 27.7 Å². The van der Waals surface area contributed by atoms with E-state index in [0.717, 1.165) is 60.9 Å². The van der Waals surface area contributed by atoms with Gasteiger partial charge in [-0.25, -0.2) is 0 Å². The molecule has 0 bridgehead atoms. The second-order valence-corrected chi connectivity index (χ2v) is 8.59. The Morgan fingerprint density at radius 3 is 2.38 bits per heavy atom. The smallest absolute Gasteiger partial charge is 0.173 e. The maximum atomic E-state index is 5.87. The minimum absolute atomic E-state index is 0.245. The Kier molecular flexibility index (Phi) is 8.33. The zero-order valence-electron chi connectivity index (χ0n) is 17.2. The summed E-state index contributed by atoms with van der Waals surface area (Å²) in [6, 6.07) is 16.9. The number of anilines is 2. The highest BCUT2D eigenvalue weighted by molar-refractivity contribution is 9.10. The zero-order chi connectivity index (χ0) is 20.6. The summed E-state index contributed by atoms with van der Waals surface area (Å²) in [5.74, 6) is 0. The summed E-state index contributed by atoms with van der Waals surface area (Å²) in [6.45, 7) is 8.83. The van der Waals surface area contributed by atoms with Crippen molar-refractivity contribution in [3.63, 3.8) is 0 Å². The number of nitrogens with zero attached hydrogens (tertiary/aromatic N) is 2. The van der Waals surface area contributed by atoms with Gasteiger partial charge in [-0.3, -0.25) is 0 Å². The number of hydrogen-bond donors (Lipinski definition) is 1. The Hall–Kier alpha value is -1.63. The predicted molar refractivity (Wildman–Crippen MR) is 130 cm³/mol. The molecule has 1 atom stereocenters. The molecule has 0 aromatic heterocycles. The van der Waals surface area contributed by atoms with Crippen molar-refractivity contribution in [2.75, 3.05) is 36.5 Å². The molecule has 0 radical (unpaired) electrons. The quantitative estimate of drug-likeness (QED) is 0.496. The van der Waals surface area contributed by atoms with Crippen molar-refractivity contribution in [1.29, 1.82) is 0 Å². The van der Waals surface area contributed by atoms with Gasteiger partial charge in [0.25, 0.3) is 0 Å². The number of thiocarbonyl (C=S) groups is 1. The van der Waals surface area contributed by atoms with Crippen LogP contribution in [0.3, 0.4) is 0 Å². The van der Waals surface area contributed by atoms with E-state index in [2.05, 4.69) is 69.2 Å². The molecule has 1 aliphatic heterocycles. The third-order valence-corrected chi connectivity index (χ3v) is 6.16. The molecule has 29 heavy (non-hydrogen) atoms. The first kappa shape index (κ1) is 22.1. The summed E-state index contributed by atoms with van der Waals surface area (Å²) >= 11 is 9.25. The maximum Gasteiger partial charge on any atom is 0.173 e. The Morgan fingerprint density at radius 2 is 1.79 bits per heavy atom. The lowest BCUT2D eigenvalue weighted by Crippen LogP contribution is -2.39. The molecule has 6 heteroatoms. The third-order valence-electron chi connectivity index (χ3n) is 5.27. The van der Waals surface area contributed by atoms with Crippen LogP contribution in [-0.4, -0.2) is 42.4 Å². The van der Waals surface area contributed by atoms with Gasteiger partial charge in [-0.2, -0.15) is 0 Å². The zero-order valence-corrected chi connectivity index (χ0v) is 19.6. The molecule has 2 aromatic rings. The lowest BCUT2D eigenvalue weighted by Gasteiger charge is -2.29. The van der Waals surface area contributed by atoms with Gasteiger partial charge in [0.1, 0.15) is 0 Å². The van der Waals surface area contributed by atoms with Crippen molar-refractivity contribution in [2.24, 2.45) is 0 Å². The van der Waals surface area contributed by atoms with Gasteiger partial charge in [0.15, 0.2) is 5.11 Å². The van der Waals surface area contributed by atoms with Crippen molar-refractivity contribution in [3.8, 4) is 0 Å². The first-order chi connectivity index (χ1) is 14.1. The highest BCUT2D eigenvalue weighted by atomic mass is 79.9. The molecule has 4 nitrogen and oxygen atoms in total. The molecule has 0 aliphatic carbocycles. The van der Waals surface area contributed by atoms with E-state index < -0.39 is 0 Å². The summed E-state index contributed by atoms with van der Waals surface area (Å²) in [4.78, 5) is 4.58. The van der Waals surface area contributed by atoms with Crippen LogP contribution < -0.4 is 10.2 Å². The van der Waals surface area contributed by atoms with Crippen molar-refractivity contribution >= 4 is 44.6 Å². The van der Waals surface area contributed by atoms with Gasteiger partial charge < -0.3 is 19.9 Å². The highest BCUT2D eigenvalue weighted by Crippen LogP contribution is 2.20. The van der Waals surface area contributed by atoms with Crippen LogP contribution in [0.15, 0.2) is 53.0 Å². The monoisotopic (exact) mass is 475 g/mol. The molecular formula is C23H30BrN3OS. The number of benzene rings is 2. The maximum absolute atomic E-state index is 5.87. The Labute approximate surface area is 188 Å². The molecule has 0 amide bonds. The van der Waals surface area contributed by atoms with Gasteiger partial charge in [-0.05, 0) is 80.9 Å². The molecule has 1 N–H and O–H groups in total. The fourth-order valence-electron chi connectivity index (χ4n) is 3.61. The standard InChI is InChI=1S/C23H30BrN3OS/c1-3-26(4-2)21-13-7-18(8-14-21)16-27(17-22-6-5-15-28-22)23(29)25-20-11-9-19(24)10-12-20/h7-14,22H,3-6,15-17H2,1-2H3,(H,25,29). The van der Waals surface area contributed by atoms with E-state index in [0.29, 0.717) is 0 Å². The molecular weight excluding hydrogens is 446 g/mol. The van der Waals surface area contributed by atoms with E-state index in [-0.39, 0.29) is 6.10 Å². The van der Waals surface area contributed by atoms with Crippen LogP contribution >= 0.6 is 28.1 Å². The van der Waals surface area contributed by atoms with Crippen LogP contribution in [0.1, 0.15) is 32.3 Å². The van der Waals surface area contributed by atoms with Crippen molar-refractivity contribution in [3.05, 3.63) is 58.6 Å². The lowest BCUT2D eigenvalue weighted by atomic mass is 10.1. The molecule has 0 saturated carbocycles. The molecule has 1 aliphatic rings. The van der Waals surface area contributed by atoms with Gasteiger partial charge in [0.2, 0.25) is 0 Å². The van der Waals surface area contributed by atoms with E-state index in [1.54, 1.807) is 0 Å². The first-order valence-corrected chi connectivity index (χ1v) is 11.6. The molecule has 1 fully saturated rings. The average molecular weight is 476 g/mol. The normalized spacial score (nSPS) is 15.9. The molecule has 1 saturated heterocycles. The molecule has 156 valence electrons. The van der Waals surface area contributed by atoms with Gasteiger partial charge in [-0.15, -0.1) is 0 Å². The second-order valence-electron chi connectivity index (χ2n) is 7.29. The summed E-state index contributed by atoms with van der Waals surface area (Å²) in [5.41, 5.74) is 3.51. The number of nitrogens with one attached hydrogen (secondary N) is 1. The van der Waals surface area contributed by atoms with E-state index >= 15 is 0 Å². The Morgan fingerprint density at radius 1 is 1.10 bits per heavy atom. The molecule has 3 rings (SSSR count). The van der Waals surface area contributed by atoms with Crippen LogP contribution in [0.25, 0.3) is 0 Å². The van der Waals surface area contributed by atoms with Gasteiger partial charge in [0, 0.05) is 48.6 Å². The van der Waals surface area contributed by atoms with E-state index in [1.807, 2.05) is 24.3 Å². The van der Waals surface area contributed by atoms with Gasteiger partial charge >= 0.3 is 0 Å². The average Bonchev–Trinajstić information content (AvgIpc) is 3.24. The summed E-state index contributed by atoms with van der Waals surface area (Å²) < 4.78 is 6.93. The van der Waals surface area contributed by atoms with Crippen LogP contribution in [0, 0.1) is 0 Å². The number of rotatable bonds is 8. The van der Waals surface area contributed by atoms with Crippen LogP contribution in [0.5, 0.6) is 0 Å². The molecule has 1 heterocycles. The molecule has 0 spiro atoms. The summed E-state index contributed by atoms with van der Waals surface area (Å²) in [6.07, 6.45) is 2.47. The fourth-order valence-corrected chi connectivity index (χ4v) is 4.13. The van der Waals surface area contributed by atoms with E-state index in [9.17, 15) is 0 Å². The first-order valence-electron chi connectivity index (χ1n) is 10.4. The van der Waals surface area contributed by atoms with Crippen LogP contribution in [-0.2, 0) is 11.3 Å². The van der Waals surface area contributed by atoms with Crippen molar-refractivity contribution in [2.45, 2.75) is 39.3 Å². The number of halogens is 1. The van der Waals surface area contributed by atoms with E-state index in [4.69, 9.17) is 17.0 Å². The SMILES string of the molecule is CCN(CC)c1ccc(CN(CC2CCCO2)C(=S)Nc2ccc(Br)cc2)cc1. The largest absolute Gasteiger partial charge is 0.376 e. The highest BCUT2D eigenvalue weighted by Gasteiger charge is 2.21. The van der Waals surface area contributed by atoms with Gasteiger partial charge in [0.05, 0.1) is 6.10 Å². The number of ether oxygens (including phenoxy) is 1. The Balaban J connectivity index is 1.70. The van der Waals surface area contributed by atoms with Crippen LogP contribution in [0.4, 0.5) is 11.4 Å². The van der Waals surface area contributed by atoms with Crippen molar-refractivity contribution < 1.29 is 4.74 Å². The summed E-state index contributed by atoms with van der Waals surface area (Å²) in [7, 11) is 0. The lowest BCUT2D eigenvalue weighted by molar-refractivity contribution is 0.0905.